The Kier molecular flexibility index (Phi) is 9.36. The van der Waals surface area contributed by atoms with E-state index in [1.165, 1.54) is 18.1 Å². The first-order chi connectivity index (χ1) is 17.4. The first kappa shape index (κ1) is 27.1. The molecular weight excluding hydrogens is 460 g/mol. The maximum Gasteiger partial charge on any atom is 0.295 e. The molecule has 8 nitrogen and oxygen atoms in total. The number of aliphatic hydroxyl groups is 1. The fourth-order valence-electron chi connectivity index (χ4n) is 4.33. The van der Waals surface area contributed by atoms with E-state index in [2.05, 4.69) is 11.8 Å². The van der Waals surface area contributed by atoms with Crippen molar-refractivity contribution in [3.63, 3.8) is 0 Å². The van der Waals surface area contributed by atoms with Gasteiger partial charge >= 0.3 is 0 Å². The molecule has 36 heavy (non-hydrogen) atoms. The van der Waals surface area contributed by atoms with E-state index < -0.39 is 17.7 Å². The number of likely N-dealkylation sites (N-methyl/N-ethyl adjacent to an activating group) is 1. The molecule has 2 N–H and O–H groups in total. The van der Waals surface area contributed by atoms with E-state index in [9.17, 15) is 19.8 Å². The SMILES string of the molecule is CCCCOc1cccc(C(O)=C2C(=O)C(=O)N(CCN(CC)CC)C2c2ccc(O)c(OC)c2)c1. The molecule has 1 atom stereocenters. The fraction of sp³-hybridized carbons (Fsp3) is 0.429. The van der Waals surface area contributed by atoms with Crippen LogP contribution in [0.1, 0.15) is 50.8 Å². The summed E-state index contributed by atoms with van der Waals surface area (Å²) in [5, 5.41) is 21.4. The van der Waals surface area contributed by atoms with Crippen molar-refractivity contribution in [1.82, 2.24) is 9.80 Å². The zero-order valence-corrected chi connectivity index (χ0v) is 21.5. The van der Waals surface area contributed by atoms with Gasteiger partial charge in [-0.15, -0.1) is 0 Å². The summed E-state index contributed by atoms with van der Waals surface area (Å²) in [5.74, 6) is -0.952. The largest absolute Gasteiger partial charge is 0.507 e. The number of benzene rings is 2. The molecule has 194 valence electrons. The Bertz CT molecular complexity index is 1110. The number of aromatic hydroxyl groups is 1. The number of carbonyl (C=O) groups is 2. The summed E-state index contributed by atoms with van der Waals surface area (Å²) in [4.78, 5) is 30.1. The lowest BCUT2D eigenvalue weighted by Gasteiger charge is -2.28. The number of Topliss-reactive ketones (excluding diaryl/α,β-unsaturated/α-hetero) is 1. The number of rotatable bonds is 12. The Hall–Kier alpha value is -3.52. The third-order valence-electron chi connectivity index (χ3n) is 6.49. The van der Waals surface area contributed by atoms with Crippen LogP contribution in [0, 0.1) is 0 Å². The van der Waals surface area contributed by atoms with Gasteiger partial charge in [0.2, 0.25) is 0 Å². The van der Waals surface area contributed by atoms with Crippen molar-refractivity contribution < 1.29 is 29.3 Å². The molecule has 1 aliphatic heterocycles. The molecule has 2 aromatic rings. The predicted molar refractivity (Wildman–Crippen MR) is 138 cm³/mol. The second kappa shape index (κ2) is 12.4. The van der Waals surface area contributed by atoms with Crippen LogP contribution >= 0.6 is 0 Å². The Morgan fingerprint density at radius 3 is 2.50 bits per heavy atom. The number of likely N-dealkylation sites (tertiary alicyclic amines) is 1. The molecule has 1 saturated heterocycles. The lowest BCUT2D eigenvalue weighted by Crippen LogP contribution is -2.38. The number of aliphatic hydroxyl groups excluding tert-OH is 1. The van der Waals surface area contributed by atoms with E-state index in [1.54, 1.807) is 36.4 Å². The number of ether oxygens (including phenoxy) is 2. The summed E-state index contributed by atoms with van der Waals surface area (Å²) < 4.78 is 11.0. The second-order valence-electron chi connectivity index (χ2n) is 8.68. The van der Waals surface area contributed by atoms with E-state index in [0.717, 1.165) is 25.9 Å². The van der Waals surface area contributed by atoms with Gasteiger partial charge < -0.3 is 29.5 Å². The van der Waals surface area contributed by atoms with Gasteiger partial charge in [0.25, 0.3) is 11.7 Å². The standard InChI is InChI=1S/C28H36N2O6/c1-5-8-16-36-21-11-9-10-20(17-21)26(32)24-25(19-12-13-22(31)23(18-19)35-4)30(28(34)27(24)33)15-14-29(6-2)7-3/h9-13,17-18,25,31-32H,5-8,14-16H2,1-4H3. The average Bonchev–Trinajstić information content (AvgIpc) is 3.14. The Morgan fingerprint density at radius 1 is 1.08 bits per heavy atom. The van der Waals surface area contributed by atoms with Gasteiger partial charge in [0.05, 0.1) is 25.3 Å². The highest BCUT2D eigenvalue weighted by Gasteiger charge is 2.46. The van der Waals surface area contributed by atoms with Gasteiger partial charge in [0.1, 0.15) is 11.5 Å². The van der Waals surface area contributed by atoms with Crippen molar-refractivity contribution in [3.05, 3.63) is 59.2 Å². The van der Waals surface area contributed by atoms with Gasteiger partial charge in [0, 0.05) is 18.7 Å². The molecular formula is C28H36N2O6. The molecule has 0 spiro atoms. The van der Waals surface area contributed by atoms with E-state index >= 15 is 0 Å². The number of hydrogen-bond donors (Lipinski definition) is 2. The predicted octanol–water partition coefficient (Wildman–Crippen LogP) is 4.34. The number of amides is 1. The number of hydrogen-bond acceptors (Lipinski definition) is 7. The molecule has 0 aliphatic carbocycles. The lowest BCUT2D eigenvalue weighted by molar-refractivity contribution is -0.140. The van der Waals surface area contributed by atoms with E-state index in [1.807, 2.05) is 13.8 Å². The van der Waals surface area contributed by atoms with Gasteiger partial charge in [0.15, 0.2) is 11.5 Å². The molecule has 0 saturated carbocycles. The minimum Gasteiger partial charge on any atom is -0.507 e. The minimum absolute atomic E-state index is 0.00185. The average molecular weight is 497 g/mol. The van der Waals surface area contributed by atoms with Crippen molar-refractivity contribution >= 4 is 17.4 Å². The van der Waals surface area contributed by atoms with Crippen molar-refractivity contribution in [2.45, 2.75) is 39.7 Å². The van der Waals surface area contributed by atoms with E-state index in [0.29, 0.717) is 36.6 Å². The molecule has 0 bridgehead atoms. The van der Waals surface area contributed by atoms with E-state index in [-0.39, 0.29) is 22.8 Å². The maximum absolute atomic E-state index is 13.3. The number of phenolic OH excluding ortho intramolecular Hbond substituents is 1. The Balaban J connectivity index is 2.09. The van der Waals surface area contributed by atoms with Gasteiger partial charge in [-0.05, 0) is 49.3 Å². The van der Waals surface area contributed by atoms with Crippen LogP contribution in [0.4, 0.5) is 0 Å². The number of methoxy groups -OCH3 is 1. The summed E-state index contributed by atoms with van der Waals surface area (Å²) in [6.07, 6.45) is 1.89. The Labute approximate surface area is 212 Å². The van der Waals surface area contributed by atoms with Crippen LogP contribution in [0.2, 0.25) is 0 Å². The van der Waals surface area contributed by atoms with Crippen LogP contribution in [0.25, 0.3) is 5.76 Å². The summed E-state index contributed by atoms with van der Waals surface area (Å²) in [5.41, 5.74) is 0.944. The zero-order valence-electron chi connectivity index (χ0n) is 21.5. The fourth-order valence-corrected chi connectivity index (χ4v) is 4.33. The summed E-state index contributed by atoms with van der Waals surface area (Å²) in [6.45, 7) is 9.19. The normalized spacial score (nSPS) is 17.1. The van der Waals surface area contributed by atoms with Crippen LogP contribution in [0.3, 0.4) is 0 Å². The molecule has 1 fully saturated rings. The highest BCUT2D eigenvalue weighted by atomic mass is 16.5. The highest BCUT2D eigenvalue weighted by Crippen LogP contribution is 2.41. The van der Waals surface area contributed by atoms with Crippen LogP contribution < -0.4 is 9.47 Å². The lowest BCUT2D eigenvalue weighted by atomic mass is 9.95. The van der Waals surface area contributed by atoms with Crippen LogP contribution in [0.15, 0.2) is 48.0 Å². The molecule has 8 heteroatoms. The molecule has 1 aliphatic rings. The first-order valence-electron chi connectivity index (χ1n) is 12.5. The maximum atomic E-state index is 13.3. The van der Waals surface area contributed by atoms with Gasteiger partial charge in [-0.1, -0.05) is 45.4 Å². The molecule has 3 rings (SSSR count). The Morgan fingerprint density at radius 2 is 1.83 bits per heavy atom. The van der Waals surface area contributed by atoms with Crippen molar-refractivity contribution in [2.75, 3.05) is 39.9 Å². The monoisotopic (exact) mass is 496 g/mol. The number of nitrogens with zero attached hydrogens (tertiary/aromatic N) is 2. The number of phenols is 1. The smallest absolute Gasteiger partial charge is 0.295 e. The summed E-state index contributed by atoms with van der Waals surface area (Å²) in [6, 6.07) is 10.7. The molecule has 1 amide bonds. The molecule has 0 radical (unpaired) electrons. The highest BCUT2D eigenvalue weighted by molar-refractivity contribution is 6.46. The minimum atomic E-state index is -0.834. The third-order valence-corrected chi connectivity index (χ3v) is 6.49. The topological polar surface area (TPSA) is 99.5 Å². The summed E-state index contributed by atoms with van der Waals surface area (Å²) >= 11 is 0. The summed E-state index contributed by atoms with van der Waals surface area (Å²) in [7, 11) is 1.43. The van der Waals surface area contributed by atoms with Crippen LogP contribution in [-0.4, -0.2) is 71.6 Å². The number of ketones is 1. The van der Waals surface area contributed by atoms with Crippen molar-refractivity contribution in [2.24, 2.45) is 0 Å². The number of unbranched alkanes of at least 4 members (excludes halogenated alkanes) is 1. The van der Waals surface area contributed by atoms with Crippen LogP contribution in [-0.2, 0) is 9.59 Å². The molecule has 2 aromatic carbocycles. The zero-order chi connectivity index (χ0) is 26.2. The molecule has 1 unspecified atom stereocenters. The van der Waals surface area contributed by atoms with Crippen molar-refractivity contribution in [3.8, 4) is 17.2 Å². The molecule has 1 heterocycles. The van der Waals surface area contributed by atoms with Crippen LogP contribution in [0.5, 0.6) is 17.2 Å². The van der Waals surface area contributed by atoms with Gasteiger partial charge in [-0.3, -0.25) is 9.59 Å². The molecule has 0 aromatic heterocycles. The number of carbonyl (C=O) groups excluding carboxylic acids is 2. The van der Waals surface area contributed by atoms with Gasteiger partial charge in [-0.25, -0.2) is 0 Å². The third kappa shape index (κ3) is 5.82. The second-order valence-corrected chi connectivity index (χ2v) is 8.68. The quantitative estimate of drug-likeness (QED) is 0.195. The van der Waals surface area contributed by atoms with Crippen molar-refractivity contribution in [1.29, 1.82) is 0 Å². The first-order valence-corrected chi connectivity index (χ1v) is 12.5. The van der Waals surface area contributed by atoms with E-state index in [4.69, 9.17) is 9.47 Å². The van der Waals surface area contributed by atoms with Gasteiger partial charge in [-0.2, -0.15) is 0 Å².